The summed E-state index contributed by atoms with van der Waals surface area (Å²) in [6.07, 6.45) is 9.79. The van der Waals surface area contributed by atoms with Gasteiger partial charge in [-0.2, -0.15) is 0 Å². The molecule has 0 saturated carbocycles. The molecule has 0 aromatic rings. The van der Waals surface area contributed by atoms with Crippen LogP contribution >= 0.6 is 0 Å². The summed E-state index contributed by atoms with van der Waals surface area (Å²) in [5, 5.41) is 0. The Hall–Kier alpha value is -0.790. The molecule has 1 rings (SSSR count). The summed E-state index contributed by atoms with van der Waals surface area (Å²) < 4.78 is 4.94. The molecule has 2 nitrogen and oxygen atoms in total. The quantitative estimate of drug-likeness (QED) is 0.513. The second-order valence-corrected chi connectivity index (χ2v) is 4.55. The van der Waals surface area contributed by atoms with E-state index in [1.165, 1.54) is 39.0 Å². The molecular weight excluding hydrogens is 188 g/mol. The van der Waals surface area contributed by atoms with Gasteiger partial charge in [-0.25, -0.2) is 0 Å². The number of hydrogen-bond donors (Lipinski definition) is 0. The van der Waals surface area contributed by atoms with Crippen LogP contribution in [0.4, 0.5) is 0 Å². The van der Waals surface area contributed by atoms with E-state index in [1.54, 1.807) is 5.57 Å². The molecule has 15 heavy (non-hydrogen) atoms. The summed E-state index contributed by atoms with van der Waals surface area (Å²) in [5.74, 6) is 0.466. The molecule has 0 amide bonds. The van der Waals surface area contributed by atoms with Crippen molar-refractivity contribution in [3.63, 3.8) is 0 Å². The van der Waals surface area contributed by atoms with E-state index in [2.05, 4.69) is 13.0 Å². The van der Waals surface area contributed by atoms with Crippen LogP contribution in [0.2, 0.25) is 0 Å². The minimum atomic E-state index is -0.168. The predicted octanol–water partition coefficient (Wildman–Crippen LogP) is 3.47. The summed E-state index contributed by atoms with van der Waals surface area (Å²) in [6, 6.07) is 0. The molecule has 0 fully saturated rings. The van der Waals surface area contributed by atoms with Crippen LogP contribution in [-0.4, -0.2) is 12.6 Å². The average Bonchev–Trinajstić information content (AvgIpc) is 2.18. The van der Waals surface area contributed by atoms with Gasteiger partial charge >= 0.3 is 5.97 Å². The maximum Gasteiger partial charge on any atom is 0.302 e. The summed E-state index contributed by atoms with van der Waals surface area (Å²) in [7, 11) is 0. The molecule has 0 saturated heterocycles. The van der Waals surface area contributed by atoms with Crippen LogP contribution < -0.4 is 0 Å². The first-order valence-electron chi connectivity index (χ1n) is 5.99. The summed E-state index contributed by atoms with van der Waals surface area (Å²) in [4.78, 5) is 10.6. The van der Waals surface area contributed by atoms with Crippen molar-refractivity contribution in [3.05, 3.63) is 11.6 Å². The summed E-state index contributed by atoms with van der Waals surface area (Å²) >= 11 is 0. The molecule has 1 aliphatic rings. The number of hydrogen-bond acceptors (Lipinski definition) is 2. The van der Waals surface area contributed by atoms with E-state index in [0.717, 1.165) is 6.42 Å². The third-order valence-corrected chi connectivity index (χ3v) is 2.91. The highest BCUT2D eigenvalue weighted by atomic mass is 16.5. The number of carbonyl (C=O) groups is 1. The zero-order valence-corrected chi connectivity index (χ0v) is 9.92. The minimum absolute atomic E-state index is 0.168. The number of esters is 1. The molecule has 0 radical (unpaired) electrons. The molecule has 1 atom stereocenters. The zero-order valence-electron chi connectivity index (χ0n) is 9.92. The summed E-state index contributed by atoms with van der Waals surface area (Å²) in [5.41, 5.74) is 1.61. The molecule has 1 aliphatic carbocycles. The second-order valence-electron chi connectivity index (χ2n) is 4.55. The predicted molar refractivity (Wildman–Crippen MR) is 61.6 cm³/mol. The number of carbonyl (C=O) groups excluding carboxylic acids is 1. The topological polar surface area (TPSA) is 26.3 Å². The Bertz CT molecular complexity index is 231. The van der Waals surface area contributed by atoms with E-state index in [1.807, 2.05) is 0 Å². The smallest absolute Gasteiger partial charge is 0.302 e. The molecule has 0 N–H and O–H groups in total. The fraction of sp³-hybridized carbons (Fsp3) is 0.769. The number of ether oxygens (including phenoxy) is 1. The van der Waals surface area contributed by atoms with E-state index >= 15 is 0 Å². The Balaban J connectivity index is 2.14. The van der Waals surface area contributed by atoms with E-state index in [0.29, 0.717) is 12.5 Å². The molecule has 0 aliphatic heterocycles. The van der Waals surface area contributed by atoms with Crippen LogP contribution in [0.1, 0.15) is 52.4 Å². The highest BCUT2D eigenvalue weighted by molar-refractivity contribution is 5.65. The lowest BCUT2D eigenvalue weighted by atomic mass is 9.91. The average molecular weight is 210 g/mol. The van der Waals surface area contributed by atoms with E-state index in [9.17, 15) is 4.79 Å². The first kappa shape index (κ1) is 12.3. The van der Waals surface area contributed by atoms with Crippen molar-refractivity contribution in [1.82, 2.24) is 0 Å². The summed E-state index contributed by atoms with van der Waals surface area (Å²) in [6.45, 7) is 4.27. The van der Waals surface area contributed by atoms with Gasteiger partial charge in [-0.1, -0.05) is 18.6 Å². The lowest BCUT2D eigenvalue weighted by molar-refractivity contribution is -0.141. The molecule has 2 heteroatoms. The van der Waals surface area contributed by atoms with E-state index in [-0.39, 0.29) is 5.97 Å². The van der Waals surface area contributed by atoms with Crippen molar-refractivity contribution < 1.29 is 9.53 Å². The maximum absolute atomic E-state index is 10.6. The van der Waals surface area contributed by atoms with Crippen LogP contribution in [0.3, 0.4) is 0 Å². The van der Waals surface area contributed by atoms with E-state index in [4.69, 9.17) is 4.74 Å². The van der Waals surface area contributed by atoms with Gasteiger partial charge in [-0.05, 0) is 44.4 Å². The number of allylic oxidation sites excluding steroid dienone is 2. The Morgan fingerprint density at radius 1 is 1.53 bits per heavy atom. The van der Waals surface area contributed by atoms with Gasteiger partial charge in [0.1, 0.15) is 0 Å². The van der Waals surface area contributed by atoms with Gasteiger partial charge < -0.3 is 4.74 Å². The molecule has 0 aromatic carbocycles. The Morgan fingerprint density at radius 2 is 2.33 bits per heavy atom. The third kappa shape index (κ3) is 5.60. The van der Waals surface area contributed by atoms with Gasteiger partial charge in [0.2, 0.25) is 0 Å². The minimum Gasteiger partial charge on any atom is -0.466 e. The maximum atomic E-state index is 10.6. The number of rotatable bonds is 5. The third-order valence-electron chi connectivity index (χ3n) is 2.91. The molecule has 0 spiro atoms. The van der Waals surface area contributed by atoms with Crippen LogP contribution in [-0.2, 0) is 9.53 Å². The normalized spacial score (nSPS) is 18.1. The van der Waals surface area contributed by atoms with Gasteiger partial charge in [-0.3, -0.25) is 4.79 Å². The molecular formula is C13H22O2. The zero-order chi connectivity index (χ0) is 11.1. The van der Waals surface area contributed by atoms with E-state index < -0.39 is 0 Å². The largest absolute Gasteiger partial charge is 0.466 e. The SMILES string of the molecule is CC(=O)OCCC(C)CC1=CCCCC1. The van der Waals surface area contributed by atoms with Crippen LogP contribution in [0.5, 0.6) is 0 Å². The Morgan fingerprint density at radius 3 is 2.93 bits per heavy atom. The first-order valence-corrected chi connectivity index (χ1v) is 5.99. The highest BCUT2D eigenvalue weighted by Gasteiger charge is 2.09. The second kappa shape index (κ2) is 6.65. The molecule has 1 unspecified atom stereocenters. The Labute approximate surface area is 92.7 Å². The molecule has 0 aromatic heterocycles. The van der Waals surface area contributed by atoms with Crippen molar-refractivity contribution in [3.8, 4) is 0 Å². The lowest BCUT2D eigenvalue weighted by Crippen LogP contribution is -2.07. The highest BCUT2D eigenvalue weighted by Crippen LogP contribution is 2.24. The van der Waals surface area contributed by atoms with Gasteiger partial charge in [-0.15, -0.1) is 0 Å². The van der Waals surface area contributed by atoms with Crippen molar-refractivity contribution in [2.24, 2.45) is 5.92 Å². The van der Waals surface area contributed by atoms with Gasteiger partial charge in [0.25, 0.3) is 0 Å². The molecule has 0 heterocycles. The van der Waals surface area contributed by atoms with Crippen molar-refractivity contribution >= 4 is 5.97 Å². The standard InChI is InChI=1S/C13H22O2/c1-11(8-9-15-12(2)14)10-13-6-4-3-5-7-13/h6,11H,3-5,7-10H2,1-2H3. The molecule has 0 bridgehead atoms. The van der Waals surface area contributed by atoms with Gasteiger partial charge in [0.05, 0.1) is 6.61 Å². The first-order chi connectivity index (χ1) is 7.18. The van der Waals surface area contributed by atoms with Crippen LogP contribution in [0.25, 0.3) is 0 Å². The Kier molecular flexibility index (Phi) is 5.44. The van der Waals surface area contributed by atoms with Crippen LogP contribution in [0.15, 0.2) is 11.6 Å². The van der Waals surface area contributed by atoms with Gasteiger partial charge in [0, 0.05) is 6.92 Å². The fourth-order valence-electron chi connectivity index (χ4n) is 2.04. The lowest BCUT2D eigenvalue weighted by Gasteiger charge is -2.17. The van der Waals surface area contributed by atoms with Crippen molar-refractivity contribution in [2.75, 3.05) is 6.61 Å². The fourth-order valence-corrected chi connectivity index (χ4v) is 2.04. The monoisotopic (exact) mass is 210 g/mol. The van der Waals surface area contributed by atoms with Crippen LogP contribution in [0, 0.1) is 5.92 Å². The molecule has 86 valence electrons. The van der Waals surface area contributed by atoms with Gasteiger partial charge in [0.15, 0.2) is 0 Å². The van der Waals surface area contributed by atoms with Crippen molar-refractivity contribution in [2.45, 2.75) is 52.4 Å². The van der Waals surface area contributed by atoms with Crippen molar-refractivity contribution in [1.29, 1.82) is 0 Å².